The normalized spacial score (nSPS) is 23.0. The Balaban J connectivity index is 2.06. The van der Waals surface area contributed by atoms with Crippen LogP contribution in [0.2, 0.25) is 0 Å². The van der Waals surface area contributed by atoms with Crippen molar-refractivity contribution >= 4 is 5.97 Å². The van der Waals surface area contributed by atoms with Crippen LogP contribution < -0.4 is 4.74 Å². The van der Waals surface area contributed by atoms with E-state index in [4.69, 9.17) is 14.6 Å². The second-order valence-electron chi connectivity index (χ2n) is 4.71. The molecule has 1 heterocycles. The number of hydrogen-bond acceptors (Lipinski definition) is 3. The predicted octanol–water partition coefficient (Wildman–Crippen LogP) is 2.64. The Bertz CT molecular complexity index is 441. The Morgan fingerprint density at radius 2 is 2.28 bits per heavy atom. The number of rotatable bonds is 4. The van der Waals surface area contributed by atoms with Crippen molar-refractivity contribution in [3.8, 4) is 5.75 Å². The summed E-state index contributed by atoms with van der Waals surface area (Å²) in [5, 5.41) is 9.11. The summed E-state index contributed by atoms with van der Waals surface area (Å²) in [5.74, 6) is -0.512. The molecule has 2 unspecified atom stereocenters. The molecular formula is C14H18O4. The Labute approximate surface area is 107 Å². The smallest absolute Gasteiger partial charge is 0.339 e. The highest BCUT2D eigenvalue weighted by Crippen LogP contribution is 2.25. The van der Waals surface area contributed by atoms with Crippen LogP contribution in [0, 0.1) is 6.92 Å². The van der Waals surface area contributed by atoms with Crippen LogP contribution in [0.3, 0.4) is 0 Å². The van der Waals surface area contributed by atoms with Crippen molar-refractivity contribution in [3.05, 3.63) is 29.3 Å². The average Bonchev–Trinajstić information content (AvgIpc) is 2.73. The summed E-state index contributed by atoms with van der Waals surface area (Å²) in [5.41, 5.74) is 1.04. The Hall–Kier alpha value is -1.55. The summed E-state index contributed by atoms with van der Waals surface area (Å²) >= 11 is 0. The second-order valence-corrected chi connectivity index (χ2v) is 4.71. The minimum absolute atomic E-state index is 0.0706. The lowest BCUT2D eigenvalue weighted by Crippen LogP contribution is -2.19. The molecule has 2 rings (SSSR count). The topological polar surface area (TPSA) is 55.8 Å². The summed E-state index contributed by atoms with van der Waals surface area (Å²) in [6.07, 6.45) is 2.35. The number of para-hydroxylation sites is 1. The van der Waals surface area contributed by atoms with Gasteiger partial charge in [0, 0.05) is 0 Å². The van der Waals surface area contributed by atoms with Crippen molar-refractivity contribution in [2.24, 2.45) is 0 Å². The van der Waals surface area contributed by atoms with Gasteiger partial charge in [0.05, 0.1) is 12.2 Å². The van der Waals surface area contributed by atoms with E-state index in [0.717, 1.165) is 18.4 Å². The molecule has 1 aromatic rings. The molecule has 1 saturated heterocycles. The van der Waals surface area contributed by atoms with E-state index >= 15 is 0 Å². The van der Waals surface area contributed by atoms with Gasteiger partial charge in [-0.15, -0.1) is 0 Å². The quantitative estimate of drug-likeness (QED) is 0.892. The molecule has 1 fully saturated rings. The van der Waals surface area contributed by atoms with E-state index in [2.05, 4.69) is 0 Å². The van der Waals surface area contributed by atoms with Crippen molar-refractivity contribution in [1.29, 1.82) is 0 Å². The minimum atomic E-state index is -0.964. The number of carbonyl (C=O) groups is 1. The van der Waals surface area contributed by atoms with Crippen molar-refractivity contribution in [3.63, 3.8) is 0 Å². The molecule has 0 bridgehead atoms. The highest BCUT2D eigenvalue weighted by molar-refractivity contribution is 5.91. The number of carboxylic acid groups (broad SMARTS) is 1. The Morgan fingerprint density at radius 3 is 2.89 bits per heavy atom. The fourth-order valence-corrected chi connectivity index (χ4v) is 2.20. The van der Waals surface area contributed by atoms with Crippen LogP contribution in [-0.2, 0) is 4.74 Å². The first-order chi connectivity index (χ1) is 8.58. The van der Waals surface area contributed by atoms with Gasteiger partial charge in [0.25, 0.3) is 0 Å². The van der Waals surface area contributed by atoms with Gasteiger partial charge in [-0.05, 0) is 38.3 Å². The second kappa shape index (κ2) is 5.40. The van der Waals surface area contributed by atoms with Crippen LogP contribution >= 0.6 is 0 Å². The van der Waals surface area contributed by atoms with Crippen LogP contribution in [0.15, 0.2) is 18.2 Å². The molecule has 4 nitrogen and oxygen atoms in total. The third-order valence-corrected chi connectivity index (χ3v) is 3.18. The molecule has 4 heteroatoms. The maximum absolute atomic E-state index is 11.1. The SMILES string of the molecule is Cc1cccc(C(=O)O)c1OCC1CCC(C)O1. The maximum atomic E-state index is 11.1. The standard InChI is InChI=1S/C14H18O4/c1-9-4-3-5-12(14(15)16)13(9)17-8-11-7-6-10(2)18-11/h3-5,10-11H,6-8H2,1-2H3,(H,15,16). The number of aromatic carboxylic acids is 1. The van der Waals surface area contributed by atoms with Gasteiger partial charge in [-0.1, -0.05) is 12.1 Å². The van der Waals surface area contributed by atoms with Gasteiger partial charge >= 0.3 is 5.97 Å². The number of hydrogen-bond donors (Lipinski definition) is 1. The van der Waals surface area contributed by atoms with Gasteiger partial charge in [-0.25, -0.2) is 4.79 Å². The van der Waals surface area contributed by atoms with Gasteiger partial charge < -0.3 is 14.6 Å². The summed E-state index contributed by atoms with van der Waals surface area (Å²) in [6, 6.07) is 5.13. The zero-order chi connectivity index (χ0) is 13.1. The molecule has 0 spiro atoms. The van der Waals surface area contributed by atoms with Gasteiger partial charge in [0.1, 0.15) is 17.9 Å². The highest BCUT2D eigenvalue weighted by atomic mass is 16.5. The molecule has 1 aliphatic heterocycles. The van der Waals surface area contributed by atoms with E-state index in [-0.39, 0.29) is 17.8 Å². The number of aryl methyl sites for hydroxylation is 1. The molecule has 0 amide bonds. The average molecular weight is 250 g/mol. The van der Waals surface area contributed by atoms with E-state index in [1.807, 2.05) is 19.9 Å². The van der Waals surface area contributed by atoms with Crippen molar-refractivity contribution in [2.45, 2.75) is 38.9 Å². The molecule has 0 saturated carbocycles. The lowest BCUT2D eigenvalue weighted by atomic mass is 10.1. The lowest BCUT2D eigenvalue weighted by Gasteiger charge is -2.15. The van der Waals surface area contributed by atoms with E-state index < -0.39 is 5.97 Å². The lowest BCUT2D eigenvalue weighted by molar-refractivity contribution is 0.0257. The zero-order valence-corrected chi connectivity index (χ0v) is 10.7. The van der Waals surface area contributed by atoms with E-state index in [1.54, 1.807) is 12.1 Å². The maximum Gasteiger partial charge on any atom is 0.339 e. The number of benzene rings is 1. The summed E-state index contributed by atoms with van der Waals surface area (Å²) in [6.45, 7) is 4.30. The molecule has 1 aliphatic rings. The van der Waals surface area contributed by atoms with Gasteiger partial charge in [-0.3, -0.25) is 0 Å². The summed E-state index contributed by atoms with van der Waals surface area (Å²) in [4.78, 5) is 11.1. The Morgan fingerprint density at radius 1 is 1.50 bits per heavy atom. The van der Waals surface area contributed by atoms with Crippen molar-refractivity contribution in [1.82, 2.24) is 0 Å². The van der Waals surface area contributed by atoms with E-state index in [1.165, 1.54) is 0 Å². The van der Waals surface area contributed by atoms with Crippen LogP contribution in [0.5, 0.6) is 5.75 Å². The van der Waals surface area contributed by atoms with Gasteiger partial charge in [-0.2, -0.15) is 0 Å². The first-order valence-electron chi connectivity index (χ1n) is 6.19. The molecule has 0 aliphatic carbocycles. The molecule has 18 heavy (non-hydrogen) atoms. The molecule has 98 valence electrons. The predicted molar refractivity (Wildman–Crippen MR) is 67.2 cm³/mol. The Kier molecular flexibility index (Phi) is 3.87. The fraction of sp³-hybridized carbons (Fsp3) is 0.500. The summed E-state index contributed by atoms with van der Waals surface area (Å²) < 4.78 is 11.3. The molecular weight excluding hydrogens is 232 g/mol. The van der Waals surface area contributed by atoms with Crippen LogP contribution in [0.1, 0.15) is 35.7 Å². The zero-order valence-electron chi connectivity index (χ0n) is 10.7. The molecule has 2 atom stereocenters. The largest absolute Gasteiger partial charge is 0.490 e. The molecule has 1 N–H and O–H groups in total. The van der Waals surface area contributed by atoms with Crippen molar-refractivity contribution in [2.75, 3.05) is 6.61 Å². The first kappa shape index (κ1) is 12.9. The molecule has 1 aromatic carbocycles. The van der Waals surface area contributed by atoms with E-state index in [9.17, 15) is 4.79 Å². The highest BCUT2D eigenvalue weighted by Gasteiger charge is 2.23. The fourth-order valence-electron chi connectivity index (χ4n) is 2.20. The van der Waals surface area contributed by atoms with Crippen LogP contribution in [0.25, 0.3) is 0 Å². The van der Waals surface area contributed by atoms with Crippen LogP contribution in [0.4, 0.5) is 0 Å². The monoisotopic (exact) mass is 250 g/mol. The number of ether oxygens (including phenoxy) is 2. The molecule has 0 aromatic heterocycles. The number of carboxylic acids is 1. The summed E-state index contributed by atoms with van der Waals surface area (Å²) in [7, 11) is 0. The third kappa shape index (κ3) is 2.82. The van der Waals surface area contributed by atoms with E-state index in [0.29, 0.717) is 12.4 Å². The first-order valence-corrected chi connectivity index (χ1v) is 6.19. The van der Waals surface area contributed by atoms with Gasteiger partial charge in [0.15, 0.2) is 0 Å². The molecule has 0 radical (unpaired) electrons. The van der Waals surface area contributed by atoms with Crippen molar-refractivity contribution < 1.29 is 19.4 Å². The third-order valence-electron chi connectivity index (χ3n) is 3.18. The van der Waals surface area contributed by atoms with Gasteiger partial charge in [0.2, 0.25) is 0 Å². The van der Waals surface area contributed by atoms with Crippen LogP contribution in [-0.4, -0.2) is 29.9 Å². The minimum Gasteiger partial charge on any atom is -0.490 e.